The van der Waals surface area contributed by atoms with Crippen molar-refractivity contribution in [1.82, 2.24) is 0 Å². The first-order chi connectivity index (χ1) is 5.77. The Morgan fingerprint density at radius 1 is 1.50 bits per heavy atom. The smallest absolute Gasteiger partial charge is 0.186 e. The van der Waals surface area contributed by atoms with E-state index in [0.29, 0.717) is 13.0 Å². The van der Waals surface area contributed by atoms with Gasteiger partial charge in [-0.1, -0.05) is 0 Å². The summed E-state index contributed by atoms with van der Waals surface area (Å²) in [4.78, 5) is 0. The number of aliphatic hydroxyl groups is 1. The topological polar surface area (TPSA) is 47.9 Å². The second kappa shape index (κ2) is 4.77. The Bertz CT molecular complexity index is 128. The van der Waals surface area contributed by atoms with Gasteiger partial charge in [-0.2, -0.15) is 0 Å². The molecule has 0 aliphatic carbocycles. The third-order valence-electron chi connectivity index (χ3n) is 1.88. The van der Waals surface area contributed by atoms with Crippen LogP contribution in [0, 0.1) is 0 Å². The maximum absolute atomic E-state index is 9.35. The summed E-state index contributed by atoms with van der Waals surface area (Å²) in [6, 6.07) is 0. The summed E-state index contributed by atoms with van der Waals surface area (Å²) in [7, 11) is 1.52. The van der Waals surface area contributed by atoms with Gasteiger partial charge in [-0.05, 0) is 13.3 Å². The summed E-state index contributed by atoms with van der Waals surface area (Å²) >= 11 is 0. The normalized spacial score (nSPS) is 36.8. The van der Waals surface area contributed by atoms with Crippen LogP contribution < -0.4 is 0 Å². The zero-order valence-electron chi connectivity index (χ0n) is 7.53. The Morgan fingerprint density at radius 2 is 2.25 bits per heavy atom. The third-order valence-corrected chi connectivity index (χ3v) is 1.88. The molecule has 0 spiro atoms. The molecule has 0 bridgehead atoms. The lowest BCUT2D eigenvalue weighted by atomic mass is 10.1. The quantitative estimate of drug-likeness (QED) is 0.680. The fourth-order valence-electron chi connectivity index (χ4n) is 1.27. The lowest BCUT2D eigenvalue weighted by Gasteiger charge is -2.32. The van der Waals surface area contributed by atoms with Gasteiger partial charge in [0, 0.05) is 20.1 Å². The van der Waals surface area contributed by atoms with Crippen LogP contribution in [0.5, 0.6) is 0 Å². The van der Waals surface area contributed by atoms with E-state index in [-0.39, 0.29) is 6.29 Å². The Hall–Kier alpha value is -0.160. The second-order valence-corrected chi connectivity index (χ2v) is 2.77. The van der Waals surface area contributed by atoms with Crippen molar-refractivity contribution in [3.8, 4) is 0 Å². The lowest BCUT2D eigenvalue weighted by Crippen LogP contribution is -2.40. The van der Waals surface area contributed by atoms with Gasteiger partial charge < -0.3 is 19.3 Å². The highest BCUT2D eigenvalue weighted by Gasteiger charge is 2.29. The van der Waals surface area contributed by atoms with E-state index in [1.807, 2.05) is 6.92 Å². The fraction of sp³-hybridized carbons (Fsp3) is 1.00. The van der Waals surface area contributed by atoms with E-state index in [1.165, 1.54) is 7.11 Å². The first-order valence-corrected chi connectivity index (χ1v) is 4.25. The van der Waals surface area contributed by atoms with Crippen LogP contribution in [0.4, 0.5) is 0 Å². The molecule has 4 heteroatoms. The first kappa shape index (κ1) is 9.92. The van der Waals surface area contributed by atoms with Crippen molar-refractivity contribution in [3.63, 3.8) is 0 Å². The van der Waals surface area contributed by atoms with Gasteiger partial charge in [-0.3, -0.25) is 0 Å². The number of aliphatic hydroxyl groups excluding tert-OH is 1. The van der Waals surface area contributed by atoms with Crippen molar-refractivity contribution >= 4 is 0 Å². The highest BCUT2D eigenvalue weighted by molar-refractivity contribution is 4.68. The molecule has 0 aromatic carbocycles. The fourth-order valence-corrected chi connectivity index (χ4v) is 1.27. The molecule has 1 rings (SSSR count). The van der Waals surface area contributed by atoms with Crippen LogP contribution in [0.2, 0.25) is 0 Å². The molecule has 0 amide bonds. The summed E-state index contributed by atoms with van der Waals surface area (Å²) in [6.07, 6.45) is 0.128. The molecule has 12 heavy (non-hydrogen) atoms. The maximum atomic E-state index is 9.35. The zero-order valence-corrected chi connectivity index (χ0v) is 7.53. The van der Waals surface area contributed by atoms with Crippen LogP contribution in [-0.4, -0.2) is 37.5 Å². The third kappa shape index (κ3) is 2.42. The molecule has 72 valence electrons. The molecule has 1 heterocycles. The van der Waals surface area contributed by atoms with Crippen LogP contribution in [0.15, 0.2) is 0 Å². The first-order valence-electron chi connectivity index (χ1n) is 4.25. The summed E-state index contributed by atoms with van der Waals surface area (Å²) in [5.41, 5.74) is 0. The average Bonchev–Trinajstić information content (AvgIpc) is 2.09. The standard InChI is InChI=1S/C8H16O4/c1-3-11-7-5-4-6(9)8(10-2)12-7/h6-9H,3-5H2,1-2H3. The zero-order chi connectivity index (χ0) is 8.97. The van der Waals surface area contributed by atoms with E-state index in [2.05, 4.69) is 0 Å². The summed E-state index contributed by atoms with van der Waals surface area (Å²) < 4.78 is 15.5. The van der Waals surface area contributed by atoms with Crippen LogP contribution in [0.25, 0.3) is 0 Å². The molecule has 0 aromatic heterocycles. The Kier molecular flexibility index (Phi) is 3.94. The predicted molar refractivity (Wildman–Crippen MR) is 42.5 cm³/mol. The average molecular weight is 176 g/mol. The molecule has 1 aliphatic rings. The number of rotatable bonds is 3. The van der Waals surface area contributed by atoms with E-state index < -0.39 is 12.4 Å². The summed E-state index contributed by atoms with van der Waals surface area (Å²) in [5, 5.41) is 9.35. The molecule has 0 radical (unpaired) electrons. The van der Waals surface area contributed by atoms with Crippen molar-refractivity contribution in [2.24, 2.45) is 0 Å². The van der Waals surface area contributed by atoms with Gasteiger partial charge in [-0.25, -0.2) is 0 Å². The molecule has 3 unspecified atom stereocenters. The highest BCUT2D eigenvalue weighted by Crippen LogP contribution is 2.20. The molecule has 1 fully saturated rings. The van der Waals surface area contributed by atoms with Gasteiger partial charge >= 0.3 is 0 Å². The van der Waals surface area contributed by atoms with E-state index in [0.717, 1.165) is 6.42 Å². The van der Waals surface area contributed by atoms with Crippen molar-refractivity contribution in [1.29, 1.82) is 0 Å². The molecular formula is C8H16O4. The molecule has 1 saturated heterocycles. The van der Waals surface area contributed by atoms with Gasteiger partial charge in [0.25, 0.3) is 0 Å². The number of hydrogen-bond acceptors (Lipinski definition) is 4. The van der Waals surface area contributed by atoms with E-state index in [9.17, 15) is 5.11 Å². The Balaban J connectivity index is 2.33. The molecule has 0 saturated carbocycles. The number of methoxy groups -OCH3 is 1. The van der Waals surface area contributed by atoms with Crippen molar-refractivity contribution in [2.75, 3.05) is 13.7 Å². The molecule has 1 N–H and O–H groups in total. The summed E-state index contributed by atoms with van der Waals surface area (Å²) in [6.45, 7) is 2.54. The van der Waals surface area contributed by atoms with Crippen molar-refractivity contribution in [2.45, 2.75) is 38.4 Å². The molecule has 1 aliphatic heterocycles. The molecular weight excluding hydrogens is 160 g/mol. The second-order valence-electron chi connectivity index (χ2n) is 2.77. The maximum Gasteiger partial charge on any atom is 0.186 e. The molecule has 4 nitrogen and oxygen atoms in total. The van der Waals surface area contributed by atoms with Gasteiger partial charge in [0.15, 0.2) is 12.6 Å². The largest absolute Gasteiger partial charge is 0.388 e. The van der Waals surface area contributed by atoms with Crippen LogP contribution in [-0.2, 0) is 14.2 Å². The lowest BCUT2D eigenvalue weighted by molar-refractivity contribution is -0.289. The Labute approximate surface area is 72.4 Å². The minimum absolute atomic E-state index is 0.219. The number of hydrogen-bond donors (Lipinski definition) is 1. The van der Waals surface area contributed by atoms with Gasteiger partial charge in [0.05, 0.1) is 0 Å². The van der Waals surface area contributed by atoms with Crippen LogP contribution in [0.3, 0.4) is 0 Å². The predicted octanol–water partition coefficient (Wildman–Crippen LogP) is 0.493. The Morgan fingerprint density at radius 3 is 2.83 bits per heavy atom. The van der Waals surface area contributed by atoms with Gasteiger partial charge in [-0.15, -0.1) is 0 Å². The van der Waals surface area contributed by atoms with Crippen molar-refractivity contribution in [3.05, 3.63) is 0 Å². The highest BCUT2D eigenvalue weighted by atomic mass is 16.8. The van der Waals surface area contributed by atoms with Crippen LogP contribution >= 0.6 is 0 Å². The molecule has 3 atom stereocenters. The van der Waals surface area contributed by atoms with Gasteiger partial charge in [0.2, 0.25) is 0 Å². The van der Waals surface area contributed by atoms with Gasteiger partial charge in [0.1, 0.15) is 6.10 Å². The molecule has 0 aromatic rings. The summed E-state index contributed by atoms with van der Waals surface area (Å²) in [5.74, 6) is 0. The minimum atomic E-state index is -0.532. The number of ether oxygens (including phenoxy) is 3. The van der Waals surface area contributed by atoms with Crippen molar-refractivity contribution < 1.29 is 19.3 Å². The monoisotopic (exact) mass is 176 g/mol. The van der Waals surface area contributed by atoms with Crippen LogP contribution in [0.1, 0.15) is 19.8 Å². The van der Waals surface area contributed by atoms with E-state index in [1.54, 1.807) is 0 Å². The minimum Gasteiger partial charge on any atom is -0.388 e. The SMILES string of the molecule is CCOC1CCC(O)C(OC)O1. The van der Waals surface area contributed by atoms with E-state index in [4.69, 9.17) is 14.2 Å². The van der Waals surface area contributed by atoms with E-state index >= 15 is 0 Å².